The first-order valence-corrected chi connectivity index (χ1v) is 9.88. The van der Waals surface area contributed by atoms with E-state index in [1.807, 2.05) is 6.07 Å². The number of hydrogen-bond acceptors (Lipinski definition) is 4. The van der Waals surface area contributed by atoms with Crippen LogP contribution in [0, 0.1) is 0 Å². The highest BCUT2D eigenvalue weighted by molar-refractivity contribution is 7.91. The van der Waals surface area contributed by atoms with Crippen molar-refractivity contribution in [1.82, 2.24) is 0 Å². The molecule has 2 aromatic rings. The molecule has 0 saturated heterocycles. The van der Waals surface area contributed by atoms with Gasteiger partial charge in [0.2, 0.25) is 0 Å². The number of anilines is 1. The largest absolute Gasteiger partial charge is 0.497 e. The second-order valence-corrected chi connectivity index (χ2v) is 8.31. The van der Waals surface area contributed by atoms with Crippen LogP contribution >= 0.6 is 0 Å². The summed E-state index contributed by atoms with van der Waals surface area (Å²) in [6.07, 6.45) is 1.65. The van der Waals surface area contributed by atoms with Crippen molar-refractivity contribution in [2.24, 2.45) is 0 Å². The molecule has 5 heteroatoms. The Morgan fingerprint density at radius 1 is 1.12 bits per heavy atom. The fraction of sp³-hybridized carbons (Fsp3) is 0.368. The van der Waals surface area contributed by atoms with E-state index >= 15 is 0 Å². The molecule has 0 amide bonds. The highest BCUT2D eigenvalue weighted by Crippen LogP contribution is 2.30. The zero-order chi connectivity index (χ0) is 17.2. The van der Waals surface area contributed by atoms with Gasteiger partial charge in [0, 0.05) is 18.3 Å². The highest BCUT2D eigenvalue weighted by Gasteiger charge is 2.24. The van der Waals surface area contributed by atoms with Crippen LogP contribution in [-0.2, 0) is 16.3 Å². The van der Waals surface area contributed by atoms with Crippen molar-refractivity contribution >= 4 is 15.5 Å². The molecule has 128 valence electrons. The van der Waals surface area contributed by atoms with Gasteiger partial charge >= 0.3 is 0 Å². The van der Waals surface area contributed by atoms with E-state index in [1.54, 1.807) is 31.4 Å². The number of fused-ring (bicyclic) bond motifs is 1. The maximum absolute atomic E-state index is 12.5. The van der Waals surface area contributed by atoms with E-state index in [2.05, 4.69) is 30.0 Å². The Hall–Kier alpha value is -2.01. The van der Waals surface area contributed by atoms with Crippen LogP contribution in [-0.4, -0.2) is 33.9 Å². The summed E-state index contributed by atoms with van der Waals surface area (Å²) in [6, 6.07) is 15.2. The predicted molar refractivity (Wildman–Crippen MR) is 96.6 cm³/mol. The van der Waals surface area contributed by atoms with Crippen LogP contribution in [0.15, 0.2) is 53.4 Å². The maximum atomic E-state index is 12.5. The Kier molecular flexibility index (Phi) is 4.81. The molecule has 0 radical (unpaired) electrons. The first-order valence-electron chi connectivity index (χ1n) is 8.22. The molecule has 1 unspecified atom stereocenters. The minimum atomic E-state index is -3.27. The highest BCUT2D eigenvalue weighted by atomic mass is 32.2. The summed E-state index contributed by atoms with van der Waals surface area (Å²) < 4.78 is 30.2. The molecule has 0 bridgehead atoms. The van der Waals surface area contributed by atoms with Crippen LogP contribution in [0.1, 0.15) is 18.9 Å². The zero-order valence-corrected chi connectivity index (χ0v) is 14.9. The van der Waals surface area contributed by atoms with Crippen LogP contribution in [0.3, 0.4) is 0 Å². The Morgan fingerprint density at radius 3 is 2.54 bits per heavy atom. The average molecular weight is 345 g/mol. The number of sulfone groups is 1. The smallest absolute Gasteiger partial charge is 0.178 e. The molecule has 0 fully saturated rings. The zero-order valence-electron chi connectivity index (χ0n) is 14.1. The topological polar surface area (TPSA) is 46.6 Å². The molecule has 2 aromatic carbocycles. The van der Waals surface area contributed by atoms with Crippen LogP contribution in [0.5, 0.6) is 5.75 Å². The second kappa shape index (κ2) is 6.85. The van der Waals surface area contributed by atoms with E-state index in [-0.39, 0.29) is 11.8 Å². The van der Waals surface area contributed by atoms with Crippen LogP contribution in [0.25, 0.3) is 0 Å². The Balaban J connectivity index is 1.66. The molecule has 4 nitrogen and oxygen atoms in total. The molecule has 1 aliphatic heterocycles. The van der Waals surface area contributed by atoms with Gasteiger partial charge in [0.05, 0.1) is 17.8 Å². The molecule has 24 heavy (non-hydrogen) atoms. The van der Waals surface area contributed by atoms with Crippen LogP contribution in [0.4, 0.5) is 5.69 Å². The first-order chi connectivity index (χ1) is 11.5. The van der Waals surface area contributed by atoms with Gasteiger partial charge in [-0.25, -0.2) is 8.42 Å². The molecule has 0 spiro atoms. The molecule has 3 rings (SSSR count). The summed E-state index contributed by atoms with van der Waals surface area (Å²) in [5, 5.41) is 0. The number of methoxy groups -OCH3 is 1. The van der Waals surface area contributed by atoms with Crippen molar-refractivity contribution in [2.75, 3.05) is 24.3 Å². The summed E-state index contributed by atoms with van der Waals surface area (Å²) >= 11 is 0. The van der Waals surface area contributed by atoms with Crippen molar-refractivity contribution in [1.29, 1.82) is 0 Å². The van der Waals surface area contributed by atoms with Crippen molar-refractivity contribution in [3.05, 3.63) is 54.1 Å². The number of para-hydroxylation sites is 1. The predicted octanol–water partition coefficient (Wildman–Crippen LogP) is 3.31. The molecule has 0 aromatic heterocycles. The van der Waals surface area contributed by atoms with Gasteiger partial charge in [0.15, 0.2) is 9.84 Å². The summed E-state index contributed by atoms with van der Waals surface area (Å²) in [7, 11) is -1.70. The second-order valence-electron chi connectivity index (χ2n) is 6.20. The molecule has 1 aliphatic rings. The lowest BCUT2D eigenvalue weighted by Gasteiger charge is -2.27. The SMILES string of the molecule is COc1ccc(S(=O)(=O)CCC(C)N2CCc3ccccc32)cc1. The lowest BCUT2D eigenvalue weighted by Crippen LogP contribution is -2.32. The van der Waals surface area contributed by atoms with Crippen LogP contribution in [0.2, 0.25) is 0 Å². The number of hydrogen-bond donors (Lipinski definition) is 0. The van der Waals surface area contributed by atoms with E-state index in [0.717, 1.165) is 13.0 Å². The average Bonchev–Trinajstić information content (AvgIpc) is 3.04. The number of rotatable bonds is 6. The third-order valence-electron chi connectivity index (χ3n) is 4.68. The normalized spacial score (nSPS) is 15.2. The van der Waals surface area contributed by atoms with E-state index in [4.69, 9.17) is 4.74 Å². The van der Waals surface area contributed by atoms with Crippen LogP contribution < -0.4 is 9.64 Å². The lowest BCUT2D eigenvalue weighted by molar-refractivity contribution is 0.414. The van der Waals surface area contributed by atoms with Crippen molar-refractivity contribution in [3.8, 4) is 5.75 Å². The fourth-order valence-electron chi connectivity index (χ4n) is 3.20. The minimum Gasteiger partial charge on any atom is -0.497 e. The van der Waals surface area contributed by atoms with Gasteiger partial charge in [-0.15, -0.1) is 0 Å². The molecule has 1 heterocycles. The fourth-order valence-corrected chi connectivity index (χ4v) is 4.64. The van der Waals surface area contributed by atoms with Crippen molar-refractivity contribution in [3.63, 3.8) is 0 Å². The van der Waals surface area contributed by atoms with Gasteiger partial charge in [-0.3, -0.25) is 0 Å². The summed E-state index contributed by atoms with van der Waals surface area (Å²) in [6.45, 7) is 3.06. The molecule has 0 aliphatic carbocycles. The van der Waals surface area contributed by atoms with Gasteiger partial charge < -0.3 is 9.64 Å². The van der Waals surface area contributed by atoms with Gasteiger partial charge in [0.1, 0.15) is 5.75 Å². The standard InChI is InChI=1S/C19H23NO3S/c1-15(20-13-11-16-5-3-4-6-19(16)20)12-14-24(21,22)18-9-7-17(23-2)8-10-18/h3-10,15H,11-14H2,1-2H3. The Bertz CT molecular complexity index is 800. The summed E-state index contributed by atoms with van der Waals surface area (Å²) in [5.41, 5.74) is 2.59. The Morgan fingerprint density at radius 2 is 1.83 bits per heavy atom. The summed E-state index contributed by atoms with van der Waals surface area (Å²) in [4.78, 5) is 2.68. The number of nitrogens with zero attached hydrogens (tertiary/aromatic N) is 1. The van der Waals surface area contributed by atoms with Crippen molar-refractivity contribution in [2.45, 2.75) is 30.7 Å². The van der Waals surface area contributed by atoms with E-state index in [9.17, 15) is 8.42 Å². The quantitative estimate of drug-likeness (QED) is 0.806. The summed E-state index contributed by atoms with van der Waals surface area (Å²) in [5.74, 6) is 0.815. The monoisotopic (exact) mass is 345 g/mol. The van der Waals surface area contributed by atoms with E-state index in [1.165, 1.54) is 11.3 Å². The molecule has 0 N–H and O–H groups in total. The molecule has 1 atom stereocenters. The van der Waals surface area contributed by atoms with E-state index in [0.29, 0.717) is 17.1 Å². The minimum absolute atomic E-state index is 0.152. The van der Waals surface area contributed by atoms with Gasteiger partial charge in [-0.05, 0) is 55.7 Å². The third kappa shape index (κ3) is 3.41. The number of benzene rings is 2. The molecule has 0 saturated carbocycles. The van der Waals surface area contributed by atoms with E-state index < -0.39 is 9.84 Å². The van der Waals surface area contributed by atoms with Gasteiger partial charge in [0.25, 0.3) is 0 Å². The lowest BCUT2D eigenvalue weighted by atomic mass is 10.1. The third-order valence-corrected chi connectivity index (χ3v) is 6.44. The van der Waals surface area contributed by atoms with Gasteiger partial charge in [-0.2, -0.15) is 0 Å². The molecular formula is C19H23NO3S. The number of ether oxygens (including phenoxy) is 1. The Labute approximate surface area is 144 Å². The maximum Gasteiger partial charge on any atom is 0.178 e. The first kappa shape index (κ1) is 16.8. The van der Waals surface area contributed by atoms with Crippen molar-refractivity contribution < 1.29 is 13.2 Å². The van der Waals surface area contributed by atoms with Gasteiger partial charge in [-0.1, -0.05) is 18.2 Å². The molecular weight excluding hydrogens is 322 g/mol.